The molecule has 2 heterocycles. The average molecular weight is 495 g/mol. The van der Waals surface area contributed by atoms with Crippen molar-refractivity contribution < 1.29 is 14.1 Å². The van der Waals surface area contributed by atoms with Crippen LogP contribution in [0.3, 0.4) is 0 Å². The lowest BCUT2D eigenvalue weighted by atomic mass is 10.1. The fraction of sp³-hybridized carbons (Fsp3) is 0. The zero-order valence-electron chi connectivity index (χ0n) is 15.1. The van der Waals surface area contributed by atoms with E-state index in [4.69, 9.17) is 28.6 Å². The molecule has 1 fully saturated rings. The molecule has 12 heteroatoms. The highest BCUT2D eigenvalue weighted by Crippen LogP contribution is 2.40. The third-order valence-electron chi connectivity index (χ3n) is 4.21. The van der Waals surface area contributed by atoms with Crippen LogP contribution in [0, 0.1) is 21.3 Å². The van der Waals surface area contributed by atoms with Crippen molar-refractivity contribution in [2.45, 2.75) is 0 Å². The predicted octanol–water partition coefficient (Wildman–Crippen LogP) is 6.22. The number of carbonyl (C=O) groups is 1. The molecular formula is C19H9Cl2FN4O3S2. The van der Waals surface area contributed by atoms with Gasteiger partial charge in [0.1, 0.15) is 5.82 Å². The van der Waals surface area contributed by atoms with Crippen molar-refractivity contribution in [3.8, 4) is 11.3 Å². The largest absolute Gasteiger partial charge is 0.278 e. The van der Waals surface area contributed by atoms with E-state index >= 15 is 0 Å². The number of para-hydroxylation sites is 1. The van der Waals surface area contributed by atoms with Gasteiger partial charge in [-0.1, -0.05) is 35.3 Å². The number of nitro groups is 1. The SMILES string of the molecule is N=C1S/C(=C\c2ccccc2[N+](=O)[O-])C(=O)N1c1nc(-c2cc(F)c(Cl)cc2Cl)cs1. The van der Waals surface area contributed by atoms with Crippen molar-refractivity contribution in [1.82, 2.24) is 4.98 Å². The first-order chi connectivity index (χ1) is 14.8. The lowest BCUT2D eigenvalue weighted by molar-refractivity contribution is -0.385. The Bertz CT molecular complexity index is 1290. The summed E-state index contributed by atoms with van der Waals surface area (Å²) in [7, 11) is 0. The van der Waals surface area contributed by atoms with Crippen LogP contribution in [0.1, 0.15) is 5.56 Å². The Balaban J connectivity index is 1.67. The number of anilines is 1. The Morgan fingerprint density at radius 2 is 1.97 bits per heavy atom. The zero-order valence-corrected chi connectivity index (χ0v) is 18.3. The van der Waals surface area contributed by atoms with Gasteiger partial charge in [-0.15, -0.1) is 11.3 Å². The third-order valence-corrected chi connectivity index (χ3v) is 6.53. The van der Waals surface area contributed by atoms with Crippen LogP contribution in [0.15, 0.2) is 46.7 Å². The van der Waals surface area contributed by atoms with Crippen molar-refractivity contribution in [2.75, 3.05) is 4.90 Å². The second kappa shape index (κ2) is 8.39. The van der Waals surface area contributed by atoms with Gasteiger partial charge in [0.15, 0.2) is 10.3 Å². The Morgan fingerprint density at radius 3 is 2.71 bits per heavy atom. The average Bonchev–Trinajstić information content (AvgIpc) is 3.29. The van der Waals surface area contributed by atoms with E-state index in [1.165, 1.54) is 30.3 Å². The van der Waals surface area contributed by atoms with Gasteiger partial charge in [-0.3, -0.25) is 20.3 Å². The number of carbonyl (C=O) groups excluding carboxylic acids is 1. The molecule has 4 rings (SSSR count). The summed E-state index contributed by atoms with van der Waals surface area (Å²) in [6.45, 7) is 0. The highest BCUT2D eigenvalue weighted by Gasteiger charge is 2.36. The fourth-order valence-corrected chi connectivity index (χ4v) is 4.99. The van der Waals surface area contributed by atoms with E-state index in [0.29, 0.717) is 11.3 Å². The first-order valence-corrected chi connectivity index (χ1v) is 10.9. The minimum atomic E-state index is -0.661. The normalized spacial score (nSPS) is 15.2. The van der Waals surface area contributed by atoms with Gasteiger partial charge < -0.3 is 0 Å². The summed E-state index contributed by atoms with van der Waals surface area (Å²) in [6, 6.07) is 8.41. The van der Waals surface area contributed by atoms with Crippen molar-refractivity contribution in [1.29, 1.82) is 5.41 Å². The van der Waals surface area contributed by atoms with Gasteiger partial charge in [0.25, 0.3) is 11.6 Å². The minimum absolute atomic E-state index is 0.107. The van der Waals surface area contributed by atoms with Crippen LogP contribution in [-0.2, 0) is 4.79 Å². The summed E-state index contributed by atoms with van der Waals surface area (Å²) < 4.78 is 13.9. The van der Waals surface area contributed by atoms with Gasteiger partial charge in [0.05, 0.1) is 31.1 Å². The van der Waals surface area contributed by atoms with Crippen molar-refractivity contribution >= 4 is 74.3 Å². The monoisotopic (exact) mass is 494 g/mol. The van der Waals surface area contributed by atoms with E-state index in [-0.39, 0.29) is 36.5 Å². The van der Waals surface area contributed by atoms with Crippen molar-refractivity contribution in [3.63, 3.8) is 0 Å². The van der Waals surface area contributed by atoms with Crippen LogP contribution in [0.4, 0.5) is 15.2 Å². The molecule has 7 nitrogen and oxygen atoms in total. The summed E-state index contributed by atoms with van der Waals surface area (Å²) in [5.41, 5.74) is 0.723. The quantitative estimate of drug-likeness (QED) is 0.201. The molecule has 0 unspecified atom stereocenters. The minimum Gasteiger partial charge on any atom is -0.278 e. The van der Waals surface area contributed by atoms with E-state index in [0.717, 1.165) is 34.1 Å². The number of nitrogens with zero attached hydrogens (tertiary/aromatic N) is 3. The van der Waals surface area contributed by atoms with Crippen LogP contribution in [0.2, 0.25) is 10.0 Å². The van der Waals surface area contributed by atoms with Crippen LogP contribution < -0.4 is 4.90 Å². The third kappa shape index (κ3) is 4.07. The number of thiazole rings is 1. The Kier molecular flexibility index (Phi) is 5.80. The molecule has 0 atom stereocenters. The number of nitrogens with one attached hydrogen (secondary N) is 1. The molecule has 2 aromatic carbocycles. The van der Waals surface area contributed by atoms with E-state index in [2.05, 4.69) is 4.98 Å². The molecule has 0 bridgehead atoms. The smallest absolute Gasteiger partial charge is 0.276 e. The summed E-state index contributed by atoms with van der Waals surface area (Å²) in [4.78, 5) is 29.1. The number of hydrogen-bond donors (Lipinski definition) is 1. The molecule has 1 aliphatic heterocycles. The molecule has 3 aromatic rings. The summed E-state index contributed by atoms with van der Waals surface area (Å²) >= 11 is 13.8. The summed E-state index contributed by atoms with van der Waals surface area (Å²) in [5.74, 6) is -1.20. The van der Waals surface area contributed by atoms with Crippen LogP contribution in [0.25, 0.3) is 17.3 Å². The van der Waals surface area contributed by atoms with Crippen molar-refractivity contribution in [2.24, 2.45) is 0 Å². The highest BCUT2D eigenvalue weighted by molar-refractivity contribution is 8.19. The number of benzene rings is 2. The number of aromatic nitrogens is 1. The second-order valence-corrected chi connectivity index (χ2v) is 8.82. The lowest BCUT2D eigenvalue weighted by Gasteiger charge is -2.09. The zero-order chi connectivity index (χ0) is 22.3. The van der Waals surface area contributed by atoms with Gasteiger partial charge in [-0.2, -0.15) is 0 Å². The summed E-state index contributed by atoms with van der Waals surface area (Å²) in [6.07, 6.45) is 1.37. The number of amidine groups is 1. The van der Waals surface area contributed by atoms with E-state index in [1.54, 1.807) is 11.4 Å². The molecular weight excluding hydrogens is 486 g/mol. The maximum absolute atomic E-state index is 13.9. The van der Waals surface area contributed by atoms with Crippen LogP contribution in [0.5, 0.6) is 0 Å². The van der Waals surface area contributed by atoms with Gasteiger partial charge in [-0.05, 0) is 36.0 Å². The highest BCUT2D eigenvalue weighted by atomic mass is 35.5. The lowest BCUT2D eigenvalue weighted by Crippen LogP contribution is -2.27. The molecule has 1 aromatic heterocycles. The van der Waals surface area contributed by atoms with Crippen LogP contribution in [-0.4, -0.2) is 21.0 Å². The van der Waals surface area contributed by atoms with E-state index < -0.39 is 16.6 Å². The Hall–Kier alpha value is -2.79. The predicted molar refractivity (Wildman–Crippen MR) is 121 cm³/mol. The number of rotatable bonds is 4. The summed E-state index contributed by atoms with van der Waals surface area (Å²) in [5, 5.41) is 21.1. The van der Waals surface area contributed by atoms with Crippen LogP contribution >= 0.6 is 46.3 Å². The fourth-order valence-electron chi connectivity index (χ4n) is 2.79. The number of hydrogen-bond acceptors (Lipinski definition) is 7. The number of thioether (sulfide) groups is 1. The molecule has 0 aliphatic carbocycles. The molecule has 0 radical (unpaired) electrons. The standard InChI is InChI=1S/C19H9Cl2FN4O3S2/c20-11-7-12(21)13(22)6-10(11)14-8-30-19(24-14)25-17(27)16(31-18(25)23)5-9-3-1-2-4-15(9)26(28)29/h1-8,23H/b16-5-,23-18?. The molecule has 0 spiro atoms. The number of halogens is 3. The van der Waals surface area contributed by atoms with Gasteiger partial charge in [0, 0.05) is 17.0 Å². The van der Waals surface area contributed by atoms with E-state index in [1.807, 2.05) is 0 Å². The van der Waals surface area contributed by atoms with Crippen molar-refractivity contribution in [3.05, 3.63) is 78.2 Å². The van der Waals surface area contributed by atoms with Gasteiger partial charge in [0.2, 0.25) is 0 Å². The molecule has 1 saturated heterocycles. The maximum Gasteiger partial charge on any atom is 0.276 e. The Labute approximate surface area is 192 Å². The molecule has 156 valence electrons. The number of nitro benzene ring substituents is 1. The van der Waals surface area contributed by atoms with Gasteiger partial charge in [-0.25, -0.2) is 14.3 Å². The molecule has 1 amide bonds. The first kappa shape index (κ1) is 21.4. The second-order valence-electron chi connectivity index (χ2n) is 6.13. The molecule has 0 saturated carbocycles. The molecule has 31 heavy (non-hydrogen) atoms. The maximum atomic E-state index is 13.9. The molecule has 1 N–H and O–H groups in total. The van der Waals surface area contributed by atoms with E-state index in [9.17, 15) is 19.3 Å². The topological polar surface area (TPSA) is 100 Å². The molecule has 1 aliphatic rings. The Morgan fingerprint density at radius 1 is 1.23 bits per heavy atom. The van der Waals surface area contributed by atoms with Gasteiger partial charge >= 0.3 is 0 Å². The number of amides is 1. The first-order valence-electron chi connectivity index (χ1n) is 8.42.